The topological polar surface area (TPSA) is 103 Å². The van der Waals surface area contributed by atoms with E-state index < -0.39 is 35.8 Å². The summed E-state index contributed by atoms with van der Waals surface area (Å²) in [4.78, 5) is 48.8. The molecule has 1 fully saturated rings. The molecule has 0 aliphatic carbocycles. The molecule has 1 saturated heterocycles. The van der Waals surface area contributed by atoms with Gasteiger partial charge in [0, 0.05) is 12.1 Å². The number of para-hydroxylation sites is 2. The first kappa shape index (κ1) is 23.2. The minimum Gasteiger partial charge on any atom is -0.451 e. The third-order valence-corrected chi connectivity index (χ3v) is 6.40. The number of ether oxygens (including phenoxy) is 2. The van der Waals surface area contributed by atoms with Gasteiger partial charge in [0.2, 0.25) is 16.9 Å². The van der Waals surface area contributed by atoms with Crippen LogP contribution < -0.4 is 14.6 Å². The highest BCUT2D eigenvalue weighted by Gasteiger charge is 2.35. The molecule has 1 N–H and O–H groups in total. The van der Waals surface area contributed by atoms with Gasteiger partial charge in [-0.3, -0.25) is 19.7 Å². The number of esters is 2. The van der Waals surface area contributed by atoms with E-state index in [-0.39, 0.29) is 6.42 Å². The molecule has 0 saturated carbocycles. The van der Waals surface area contributed by atoms with Crippen molar-refractivity contribution in [1.29, 1.82) is 0 Å². The van der Waals surface area contributed by atoms with Crippen LogP contribution in [0.5, 0.6) is 5.75 Å². The summed E-state index contributed by atoms with van der Waals surface area (Å²) in [5.74, 6) is -2.54. The van der Waals surface area contributed by atoms with Crippen molar-refractivity contribution in [2.75, 3.05) is 0 Å². The van der Waals surface area contributed by atoms with E-state index in [0.29, 0.717) is 16.9 Å². The van der Waals surface area contributed by atoms with E-state index in [1.807, 2.05) is 60.1 Å². The second-order valence-corrected chi connectivity index (χ2v) is 8.69. The molecule has 3 aromatic carbocycles. The summed E-state index contributed by atoms with van der Waals surface area (Å²) in [5.41, 5.74) is 2.91. The lowest BCUT2D eigenvalue weighted by atomic mass is 10.0. The molecule has 8 nitrogen and oxygen atoms in total. The molecule has 2 amide bonds. The average molecular weight is 484 g/mol. The van der Waals surface area contributed by atoms with E-state index in [9.17, 15) is 19.2 Å². The smallest absolute Gasteiger partial charge is 0.345 e. The number of hydrogen-bond acceptors (Lipinski definition) is 6. The monoisotopic (exact) mass is 483 g/mol. The van der Waals surface area contributed by atoms with Gasteiger partial charge in [0.15, 0.2) is 6.10 Å². The van der Waals surface area contributed by atoms with Crippen LogP contribution in [0.25, 0.3) is 21.8 Å². The zero-order valence-corrected chi connectivity index (χ0v) is 19.7. The van der Waals surface area contributed by atoms with Crippen LogP contribution in [0.4, 0.5) is 0 Å². The Morgan fingerprint density at radius 2 is 1.50 bits per heavy atom. The molecule has 2 heterocycles. The van der Waals surface area contributed by atoms with Gasteiger partial charge in [-0.05, 0) is 36.8 Å². The first-order valence-corrected chi connectivity index (χ1v) is 11.5. The molecule has 0 radical (unpaired) electrons. The fourth-order valence-electron chi connectivity index (χ4n) is 4.44. The lowest BCUT2D eigenvalue weighted by molar-refractivity contribution is -0.617. The van der Waals surface area contributed by atoms with Crippen molar-refractivity contribution in [2.45, 2.75) is 25.4 Å². The van der Waals surface area contributed by atoms with Crippen molar-refractivity contribution in [3.8, 4) is 5.75 Å². The predicted molar refractivity (Wildman–Crippen MR) is 130 cm³/mol. The Hall–Kier alpha value is -4.59. The van der Waals surface area contributed by atoms with Crippen molar-refractivity contribution >= 4 is 45.6 Å². The summed E-state index contributed by atoms with van der Waals surface area (Å²) in [6.45, 7) is 1.64. The van der Waals surface area contributed by atoms with Gasteiger partial charge >= 0.3 is 11.9 Å². The summed E-state index contributed by atoms with van der Waals surface area (Å²) in [6, 6.07) is 21.9. The van der Waals surface area contributed by atoms with Crippen LogP contribution in [0.3, 0.4) is 0 Å². The summed E-state index contributed by atoms with van der Waals surface area (Å²) >= 11 is 0. The standard InChI is InChI=1S/C28H22N2O6/c1-16(27(33)36-23-15-24(31)29-26(23)32)17-11-13-18(14-12-17)35-28(34)25-19-7-3-5-9-21(19)30(2)22-10-6-4-8-20(22)25/h3-14,16,23H,15H2,1-2H3/p+1. The van der Waals surface area contributed by atoms with Gasteiger partial charge in [-0.15, -0.1) is 0 Å². The highest BCUT2D eigenvalue weighted by molar-refractivity contribution is 6.13. The van der Waals surface area contributed by atoms with Gasteiger partial charge in [-0.25, -0.2) is 4.79 Å². The number of pyridine rings is 1. The van der Waals surface area contributed by atoms with Crippen molar-refractivity contribution in [3.05, 3.63) is 83.9 Å². The molecule has 1 aliphatic heterocycles. The minimum atomic E-state index is -1.11. The summed E-state index contributed by atoms with van der Waals surface area (Å²) in [7, 11) is 1.96. The highest BCUT2D eigenvalue weighted by Crippen LogP contribution is 2.27. The minimum absolute atomic E-state index is 0.174. The number of carbonyl (C=O) groups excluding carboxylic acids is 4. The molecule has 36 heavy (non-hydrogen) atoms. The lowest BCUT2D eigenvalue weighted by Gasteiger charge is -2.15. The van der Waals surface area contributed by atoms with E-state index in [4.69, 9.17) is 9.47 Å². The SMILES string of the molecule is CC(C(=O)OC1CC(=O)NC1=O)c1ccc(OC(=O)c2c3ccccc3[n+](C)c3ccccc23)cc1. The van der Waals surface area contributed by atoms with Gasteiger partial charge in [-0.1, -0.05) is 36.4 Å². The highest BCUT2D eigenvalue weighted by atomic mass is 16.6. The molecule has 2 unspecified atom stereocenters. The van der Waals surface area contributed by atoms with Crippen LogP contribution in [0.1, 0.15) is 35.2 Å². The molecular formula is C28H23N2O6+. The van der Waals surface area contributed by atoms with Crippen molar-refractivity contribution in [2.24, 2.45) is 7.05 Å². The number of nitrogens with one attached hydrogen (secondary N) is 1. The number of rotatable bonds is 5. The van der Waals surface area contributed by atoms with Gasteiger partial charge in [0.25, 0.3) is 5.91 Å². The largest absolute Gasteiger partial charge is 0.451 e. The summed E-state index contributed by atoms with van der Waals surface area (Å²) < 4.78 is 13.0. The van der Waals surface area contributed by atoms with E-state index in [2.05, 4.69) is 5.32 Å². The normalized spacial score (nSPS) is 16.1. The zero-order chi connectivity index (χ0) is 25.4. The number of carbonyl (C=O) groups is 4. The maximum absolute atomic E-state index is 13.4. The molecule has 8 heteroatoms. The number of fused-ring (bicyclic) bond motifs is 2. The van der Waals surface area contributed by atoms with E-state index in [0.717, 1.165) is 21.8 Å². The Kier molecular flexibility index (Phi) is 5.93. The molecule has 1 aromatic heterocycles. The fourth-order valence-corrected chi connectivity index (χ4v) is 4.44. The van der Waals surface area contributed by atoms with Crippen molar-refractivity contribution in [1.82, 2.24) is 5.32 Å². The number of amides is 2. The molecule has 180 valence electrons. The van der Waals surface area contributed by atoms with Crippen molar-refractivity contribution < 1.29 is 33.2 Å². The number of aromatic nitrogens is 1. The van der Waals surface area contributed by atoms with E-state index >= 15 is 0 Å². The molecule has 0 spiro atoms. The van der Waals surface area contributed by atoms with Gasteiger partial charge in [-0.2, -0.15) is 4.57 Å². The summed E-state index contributed by atoms with van der Waals surface area (Å²) in [6.07, 6.45) is -1.28. The van der Waals surface area contributed by atoms with E-state index in [1.54, 1.807) is 31.2 Å². The van der Waals surface area contributed by atoms with Crippen LogP contribution in [0, 0.1) is 0 Å². The Bertz CT molecular complexity index is 1490. The first-order chi connectivity index (χ1) is 17.3. The lowest BCUT2D eigenvalue weighted by Crippen LogP contribution is -2.31. The van der Waals surface area contributed by atoms with Gasteiger partial charge in [0.1, 0.15) is 12.8 Å². The average Bonchev–Trinajstić information content (AvgIpc) is 3.20. The van der Waals surface area contributed by atoms with Crippen LogP contribution in [-0.4, -0.2) is 29.9 Å². The third-order valence-electron chi connectivity index (χ3n) is 6.40. The zero-order valence-electron chi connectivity index (χ0n) is 19.7. The quantitative estimate of drug-likeness (QED) is 0.154. The number of nitrogens with zero attached hydrogens (tertiary/aromatic N) is 1. The second-order valence-electron chi connectivity index (χ2n) is 8.69. The van der Waals surface area contributed by atoms with Crippen LogP contribution >= 0.6 is 0 Å². The number of benzene rings is 3. The van der Waals surface area contributed by atoms with Crippen molar-refractivity contribution in [3.63, 3.8) is 0 Å². The molecule has 4 aromatic rings. The first-order valence-electron chi connectivity index (χ1n) is 11.5. The summed E-state index contributed by atoms with van der Waals surface area (Å²) in [5, 5.41) is 3.68. The Balaban J connectivity index is 1.37. The molecule has 2 atom stereocenters. The Morgan fingerprint density at radius 3 is 2.06 bits per heavy atom. The number of hydrogen-bond donors (Lipinski definition) is 1. The van der Waals surface area contributed by atoms with Gasteiger partial charge in [0.05, 0.1) is 28.7 Å². The predicted octanol–water partition coefficient (Wildman–Crippen LogP) is 3.10. The molecular weight excluding hydrogens is 460 g/mol. The molecule has 1 aliphatic rings. The Labute approximate surface area is 206 Å². The van der Waals surface area contributed by atoms with Crippen LogP contribution in [-0.2, 0) is 26.2 Å². The fraction of sp³-hybridized carbons (Fsp3) is 0.179. The number of imide groups is 1. The van der Waals surface area contributed by atoms with Gasteiger partial charge < -0.3 is 9.47 Å². The Morgan fingerprint density at radius 1 is 0.917 bits per heavy atom. The molecule has 0 bridgehead atoms. The van der Waals surface area contributed by atoms with Crippen LogP contribution in [0.15, 0.2) is 72.8 Å². The molecule has 5 rings (SSSR count). The third kappa shape index (κ3) is 4.17. The number of aryl methyl sites for hydroxylation is 1. The second kappa shape index (κ2) is 9.22. The van der Waals surface area contributed by atoms with E-state index in [1.165, 1.54) is 0 Å². The van der Waals surface area contributed by atoms with Crippen LogP contribution in [0.2, 0.25) is 0 Å². The maximum atomic E-state index is 13.4. The maximum Gasteiger partial charge on any atom is 0.345 e.